The van der Waals surface area contributed by atoms with Crippen molar-refractivity contribution in [3.05, 3.63) is 0 Å². The molecule has 0 radical (unpaired) electrons. The van der Waals surface area contributed by atoms with Gasteiger partial charge in [-0.2, -0.15) is 5.26 Å². The molecule has 1 rings (SSSR count). The Morgan fingerprint density at radius 3 is 2.53 bits per heavy atom. The number of rotatable bonds is 4. The molecule has 1 saturated carbocycles. The van der Waals surface area contributed by atoms with Crippen LogP contribution in [0.15, 0.2) is 0 Å². The Kier molecular flexibility index (Phi) is 4.55. The molecule has 0 spiro atoms. The summed E-state index contributed by atoms with van der Waals surface area (Å²) in [5, 5.41) is 8.36. The van der Waals surface area contributed by atoms with Gasteiger partial charge in [-0.3, -0.25) is 0 Å². The molecule has 0 amide bonds. The second-order valence-corrected chi connectivity index (χ2v) is 5.98. The lowest BCUT2D eigenvalue weighted by Gasteiger charge is -2.27. The molecule has 1 unspecified atom stereocenters. The highest BCUT2D eigenvalue weighted by atomic mass is 32.2. The minimum Gasteiger partial charge on any atom is -0.211 e. The molecule has 1 fully saturated rings. The van der Waals surface area contributed by atoms with E-state index in [4.69, 9.17) is 5.26 Å². The zero-order valence-corrected chi connectivity index (χ0v) is 9.89. The zero-order valence-electron chi connectivity index (χ0n) is 9.07. The highest BCUT2D eigenvalue weighted by Crippen LogP contribution is 2.26. The van der Waals surface area contributed by atoms with Gasteiger partial charge in [0, 0.05) is 6.04 Å². The molecule has 0 saturated heterocycles. The minimum absolute atomic E-state index is 0.0383. The molecule has 1 aliphatic rings. The van der Waals surface area contributed by atoms with Gasteiger partial charge in [0.25, 0.3) is 0 Å². The first-order valence-corrected chi connectivity index (χ1v) is 7.07. The van der Waals surface area contributed by atoms with Gasteiger partial charge in [0.05, 0.1) is 6.07 Å². The third-order valence-corrected chi connectivity index (χ3v) is 4.22. The van der Waals surface area contributed by atoms with E-state index in [0.29, 0.717) is 5.92 Å². The second-order valence-electron chi connectivity index (χ2n) is 4.22. The van der Waals surface area contributed by atoms with E-state index in [1.165, 1.54) is 19.3 Å². The smallest absolute Gasteiger partial charge is 0.211 e. The summed E-state index contributed by atoms with van der Waals surface area (Å²) in [5.74, 6) is -0.00318. The molecule has 1 aliphatic carbocycles. The van der Waals surface area contributed by atoms with Gasteiger partial charge in [0.15, 0.2) is 5.75 Å². The highest BCUT2D eigenvalue weighted by Gasteiger charge is 2.23. The van der Waals surface area contributed by atoms with Crippen molar-refractivity contribution in [2.75, 3.05) is 5.75 Å². The molecule has 0 bridgehead atoms. The largest absolute Gasteiger partial charge is 0.225 e. The third kappa shape index (κ3) is 4.18. The summed E-state index contributed by atoms with van der Waals surface area (Å²) < 4.78 is 25.3. The van der Waals surface area contributed by atoms with Crippen LogP contribution in [0.1, 0.15) is 39.0 Å². The first-order valence-electron chi connectivity index (χ1n) is 5.42. The molecule has 1 N–H and O–H groups in total. The quantitative estimate of drug-likeness (QED) is 0.793. The van der Waals surface area contributed by atoms with Crippen molar-refractivity contribution in [3.63, 3.8) is 0 Å². The van der Waals surface area contributed by atoms with Crippen molar-refractivity contribution in [2.45, 2.75) is 45.1 Å². The Morgan fingerprint density at radius 1 is 1.40 bits per heavy atom. The summed E-state index contributed by atoms with van der Waals surface area (Å²) in [6.45, 7) is 1.89. The van der Waals surface area contributed by atoms with E-state index < -0.39 is 15.8 Å². The van der Waals surface area contributed by atoms with Crippen LogP contribution in [0, 0.1) is 17.2 Å². The Labute approximate surface area is 91.7 Å². The van der Waals surface area contributed by atoms with Crippen molar-refractivity contribution in [2.24, 2.45) is 5.92 Å². The lowest BCUT2D eigenvalue weighted by atomic mass is 9.85. The fourth-order valence-corrected chi connectivity index (χ4v) is 3.15. The summed E-state index contributed by atoms with van der Waals surface area (Å²) in [4.78, 5) is 0. The predicted molar refractivity (Wildman–Crippen MR) is 58.6 cm³/mol. The number of hydrogen-bond acceptors (Lipinski definition) is 3. The van der Waals surface area contributed by atoms with Gasteiger partial charge < -0.3 is 0 Å². The first-order chi connectivity index (χ1) is 7.05. The lowest BCUT2D eigenvalue weighted by molar-refractivity contribution is 0.303. The van der Waals surface area contributed by atoms with Crippen LogP contribution in [0.5, 0.6) is 0 Å². The zero-order chi connectivity index (χ0) is 11.3. The molecule has 0 aromatic heterocycles. The van der Waals surface area contributed by atoms with Gasteiger partial charge in [-0.15, -0.1) is 0 Å². The normalized spacial score (nSPS) is 20.8. The Hall–Kier alpha value is -0.600. The molecule has 1 atom stereocenters. The van der Waals surface area contributed by atoms with E-state index in [9.17, 15) is 8.42 Å². The van der Waals surface area contributed by atoms with E-state index in [1.807, 2.05) is 6.92 Å². The molecular weight excluding hydrogens is 212 g/mol. The van der Waals surface area contributed by atoms with Gasteiger partial charge in [0.1, 0.15) is 0 Å². The molecule has 4 nitrogen and oxygen atoms in total. The van der Waals surface area contributed by atoms with Gasteiger partial charge in [-0.1, -0.05) is 19.3 Å². The fourth-order valence-electron chi connectivity index (χ4n) is 2.14. The minimum atomic E-state index is -3.39. The Bertz CT molecular complexity index is 326. The monoisotopic (exact) mass is 230 g/mol. The topological polar surface area (TPSA) is 70.0 Å². The van der Waals surface area contributed by atoms with Crippen LogP contribution >= 0.6 is 0 Å². The molecule has 0 heterocycles. The van der Waals surface area contributed by atoms with Crippen LogP contribution in [0.2, 0.25) is 0 Å². The number of nitrogens with one attached hydrogen (secondary N) is 1. The van der Waals surface area contributed by atoms with Crippen LogP contribution in [0.3, 0.4) is 0 Å². The molecule has 86 valence electrons. The van der Waals surface area contributed by atoms with Gasteiger partial charge in [-0.05, 0) is 25.7 Å². The van der Waals surface area contributed by atoms with Crippen LogP contribution in [0.25, 0.3) is 0 Å². The van der Waals surface area contributed by atoms with Crippen LogP contribution in [-0.2, 0) is 10.0 Å². The van der Waals surface area contributed by atoms with E-state index in [2.05, 4.69) is 4.72 Å². The number of nitriles is 1. The lowest BCUT2D eigenvalue weighted by Crippen LogP contribution is -2.39. The number of hydrogen-bond donors (Lipinski definition) is 1. The second kappa shape index (κ2) is 5.47. The molecule has 0 aliphatic heterocycles. The standard InChI is InChI=1S/C10H18N2O2S/c1-9(10-5-3-2-4-6-10)12-15(13,14)8-7-11/h9-10,12H,2-6,8H2,1H3. The van der Waals surface area contributed by atoms with Crippen molar-refractivity contribution < 1.29 is 8.42 Å². The average Bonchev–Trinajstić information content (AvgIpc) is 2.18. The summed E-state index contributed by atoms with van der Waals surface area (Å²) in [6, 6.07) is 1.63. The highest BCUT2D eigenvalue weighted by molar-refractivity contribution is 7.89. The summed E-state index contributed by atoms with van der Waals surface area (Å²) >= 11 is 0. The third-order valence-electron chi connectivity index (χ3n) is 2.98. The van der Waals surface area contributed by atoms with Gasteiger partial charge >= 0.3 is 0 Å². The molecular formula is C10H18N2O2S. The maximum absolute atomic E-state index is 11.4. The Balaban J connectivity index is 2.47. The molecule has 5 heteroatoms. The maximum atomic E-state index is 11.4. The van der Waals surface area contributed by atoms with Crippen molar-refractivity contribution in [1.82, 2.24) is 4.72 Å². The van der Waals surface area contributed by atoms with Crippen LogP contribution < -0.4 is 4.72 Å². The van der Waals surface area contributed by atoms with E-state index >= 15 is 0 Å². The van der Waals surface area contributed by atoms with E-state index in [1.54, 1.807) is 6.07 Å². The first kappa shape index (κ1) is 12.5. The number of nitrogens with zero attached hydrogens (tertiary/aromatic N) is 1. The van der Waals surface area contributed by atoms with E-state index in [-0.39, 0.29) is 6.04 Å². The molecule has 0 aromatic carbocycles. The number of sulfonamides is 1. The van der Waals surface area contributed by atoms with Gasteiger partial charge in [0.2, 0.25) is 10.0 Å². The van der Waals surface area contributed by atoms with E-state index in [0.717, 1.165) is 12.8 Å². The van der Waals surface area contributed by atoms with Crippen molar-refractivity contribution in [3.8, 4) is 6.07 Å². The average molecular weight is 230 g/mol. The molecule has 0 aromatic rings. The van der Waals surface area contributed by atoms with Crippen molar-refractivity contribution >= 4 is 10.0 Å². The summed E-state index contributed by atoms with van der Waals surface area (Å²) in [7, 11) is -3.39. The predicted octanol–water partition coefficient (Wildman–Crippen LogP) is 1.40. The molecule has 15 heavy (non-hydrogen) atoms. The van der Waals surface area contributed by atoms with Crippen LogP contribution in [-0.4, -0.2) is 20.2 Å². The summed E-state index contributed by atoms with van der Waals surface area (Å²) in [6.07, 6.45) is 5.82. The van der Waals surface area contributed by atoms with Gasteiger partial charge in [-0.25, -0.2) is 13.1 Å². The SMILES string of the molecule is CC(NS(=O)(=O)CC#N)C1CCCCC1. The fraction of sp³-hybridized carbons (Fsp3) is 0.900. The Morgan fingerprint density at radius 2 is 2.00 bits per heavy atom. The van der Waals surface area contributed by atoms with Crippen molar-refractivity contribution in [1.29, 1.82) is 5.26 Å². The van der Waals surface area contributed by atoms with Crippen LogP contribution in [0.4, 0.5) is 0 Å². The maximum Gasteiger partial charge on any atom is 0.225 e. The summed E-state index contributed by atoms with van der Waals surface area (Å²) in [5.41, 5.74) is 0.